The fourth-order valence-electron chi connectivity index (χ4n) is 2.04. The van der Waals surface area contributed by atoms with Crippen molar-refractivity contribution in [2.24, 2.45) is 0 Å². The van der Waals surface area contributed by atoms with Crippen LogP contribution in [0.3, 0.4) is 0 Å². The Morgan fingerprint density at radius 3 is 2.86 bits per heavy atom. The quantitative estimate of drug-likeness (QED) is 0.574. The molecule has 2 heterocycles. The van der Waals surface area contributed by atoms with E-state index in [0.29, 0.717) is 19.0 Å². The Hall–Kier alpha value is -1.61. The highest BCUT2D eigenvalue weighted by Gasteiger charge is 2.17. The van der Waals surface area contributed by atoms with E-state index in [1.54, 1.807) is 0 Å². The predicted molar refractivity (Wildman–Crippen MR) is 85.1 cm³/mol. The fraction of sp³-hybridized carbons (Fsp3) is 0.667. The summed E-state index contributed by atoms with van der Waals surface area (Å²) in [5.74, 6) is 2.98. The smallest absolute Gasteiger partial charge is 0.329 e. The second-order valence-electron chi connectivity index (χ2n) is 4.60. The first-order chi connectivity index (χ1) is 10.2. The van der Waals surface area contributed by atoms with E-state index in [1.807, 2.05) is 18.7 Å². The molecular formula is C12H20N6O2S. The Morgan fingerprint density at radius 2 is 2.19 bits per heavy atom. The number of hydrogen-bond acceptors (Lipinski definition) is 8. The fourth-order valence-corrected chi connectivity index (χ4v) is 3.02. The lowest BCUT2D eigenvalue weighted by molar-refractivity contribution is -0.384. The number of rotatable bonds is 7. The standard InChI is InChI=1S/C12H20N6O2S/c1-2-13-12-15-9-10(18(19)20)11(16-12)14-3-4-17-5-7-21-8-6-17/h9H,2-8H2,1H3,(H2,13,14,15,16). The van der Waals surface area contributed by atoms with Crippen molar-refractivity contribution >= 4 is 29.2 Å². The number of nitro groups is 1. The zero-order valence-corrected chi connectivity index (χ0v) is 12.9. The molecule has 9 heteroatoms. The van der Waals surface area contributed by atoms with Crippen LogP contribution in [-0.4, -0.2) is 64.0 Å². The summed E-state index contributed by atoms with van der Waals surface area (Å²) in [7, 11) is 0. The van der Waals surface area contributed by atoms with Gasteiger partial charge < -0.3 is 10.6 Å². The molecule has 2 N–H and O–H groups in total. The van der Waals surface area contributed by atoms with Crippen molar-refractivity contribution in [1.29, 1.82) is 0 Å². The zero-order valence-electron chi connectivity index (χ0n) is 12.0. The summed E-state index contributed by atoms with van der Waals surface area (Å²) in [5, 5.41) is 17.0. The van der Waals surface area contributed by atoms with Crippen LogP contribution in [0.15, 0.2) is 6.20 Å². The molecule has 8 nitrogen and oxygen atoms in total. The van der Waals surface area contributed by atoms with Gasteiger partial charge in [0, 0.05) is 44.2 Å². The van der Waals surface area contributed by atoms with Crippen molar-refractivity contribution in [1.82, 2.24) is 14.9 Å². The zero-order chi connectivity index (χ0) is 15.1. The molecule has 1 saturated heterocycles. The Kier molecular flexibility index (Phi) is 6.00. The third-order valence-electron chi connectivity index (χ3n) is 3.13. The van der Waals surface area contributed by atoms with E-state index < -0.39 is 4.92 Å². The number of nitrogens with one attached hydrogen (secondary N) is 2. The maximum atomic E-state index is 11.0. The summed E-state index contributed by atoms with van der Waals surface area (Å²) < 4.78 is 0. The van der Waals surface area contributed by atoms with Gasteiger partial charge in [-0.2, -0.15) is 16.7 Å². The van der Waals surface area contributed by atoms with Crippen molar-refractivity contribution in [3.8, 4) is 0 Å². The van der Waals surface area contributed by atoms with Gasteiger partial charge in [0.25, 0.3) is 0 Å². The van der Waals surface area contributed by atoms with Gasteiger partial charge in [-0.05, 0) is 6.92 Å². The number of anilines is 2. The largest absolute Gasteiger partial charge is 0.363 e. The summed E-state index contributed by atoms with van der Waals surface area (Å²) >= 11 is 1.96. The highest BCUT2D eigenvalue weighted by Crippen LogP contribution is 2.21. The molecule has 0 amide bonds. The molecule has 0 atom stereocenters. The molecule has 0 unspecified atom stereocenters. The molecule has 1 aromatic rings. The SMILES string of the molecule is CCNc1ncc([N+](=O)[O-])c(NCCN2CCSCC2)n1. The van der Waals surface area contributed by atoms with Crippen LogP contribution in [0.1, 0.15) is 6.92 Å². The minimum absolute atomic E-state index is 0.0918. The van der Waals surface area contributed by atoms with E-state index in [-0.39, 0.29) is 11.5 Å². The van der Waals surface area contributed by atoms with Crippen molar-refractivity contribution in [2.45, 2.75) is 6.92 Å². The van der Waals surface area contributed by atoms with Crippen LogP contribution in [-0.2, 0) is 0 Å². The van der Waals surface area contributed by atoms with Crippen LogP contribution >= 0.6 is 11.8 Å². The Morgan fingerprint density at radius 1 is 1.43 bits per heavy atom. The summed E-state index contributed by atoms with van der Waals surface area (Å²) in [4.78, 5) is 21.0. The van der Waals surface area contributed by atoms with Gasteiger partial charge in [-0.25, -0.2) is 4.98 Å². The van der Waals surface area contributed by atoms with E-state index in [2.05, 4.69) is 25.5 Å². The molecule has 0 aromatic carbocycles. The van der Waals surface area contributed by atoms with E-state index in [9.17, 15) is 10.1 Å². The van der Waals surface area contributed by atoms with Gasteiger partial charge in [0.15, 0.2) is 0 Å². The third-order valence-corrected chi connectivity index (χ3v) is 4.07. The van der Waals surface area contributed by atoms with E-state index in [0.717, 1.165) is 31.1 Å². The van der Waals surface area contributed by atoms with Crippen molar-refractivity contribution in [3.63, 3.8) is 0 Å². The topological polar surface area (TPSA) is 96.2 Å². The number of aromatic nitrogens is 2. The molecule has 0 spiro atoms. The lowest BCUT2D eigenvalue weighted by Crippen LogP contribution is -2.36. The van der Waals surface area contributed by atoms with Crippen LogP contribution in [0.25, 0.3) is 0 Å². The molecule has 1 aromatic heterocycles. The molecule has 0 saturated carbocycles. The van der Waals surface area contributed by atoms with Crippen LogP contribution in [0.4, 0.5) is 17.5 Å². The molecule has 1 fully saturated rings. The van der Waals surface area contributed by atoms with E-state index >= 15 is 0 Å². The normalized spacial score (nSPS) is 15.7. The summed E-state index contributed by atoms with van der Waals surface area (Å²) in [6.45, 7) is 6.23. The summed E-state index contributed by atoms with van der Waals surface area (Å²) in [5.41, 5.74) is -0.0918. The summed E-state index contributed by atoms with van der Waals surface area (Å²) in [6, 6.07) is 0. The van der Waals surface area contributed by atoms with Crippen LogP contribution < -0.4 is 10.6 Å². The average molecular weight is 312 g/mol. The van der Waals surface area contributed by atoms with Gasteiger partial charge in [-0.1, -0.05) is 0 Å². The second-order valence-corrected chi connectivity index (χ2v) is 5.82. The molecular weight excluding hydrogens is 292 g/mol. The van der Waals surface area contributed by atoms with Gasteiger partial charge in [0.05, 0.1) is 4.92 Å². The van der Waals surface area contributed by atoms with Crippen LogP contribution in [0, 0.1) is 10.1 Å². The summed E-state index contributed by atoms with van der Waals surface area (Å²) in [6.07, 6.45) is 1.24. The minimum atomic E-state index is -0.463. The molecule has 0 aliphatic carbocycles. The van der Waals surface area contributed by atoms with Crippen molar-refractivity contribution < 1.29 is 4.92 Å². The maximum absolute atomic E-state index is 11.0. The Bertz CT molecular complexity index is 481. The molecule has 0 radical (unpaired) electrons. The minimum Gasteiger partial charge on any atom is -0.363 e. The first-order valence-corrected chi connectivity index (χ1v) is 8.15. The average Bonchev–Trinajstić information content (AvgIpc) is 2.49. The van der Waals surface area contributed by atoms with Gasteiger partial charge in [0.1, 0.15) is 6.20 Å². The third kappa shape index (κ3) is 4.71. The Labute approximate surface area is 127 Å². The highest BCUT2D eigenvalue weighted by atomic mass is 32.2. The van der Waals surface area contributed by atoms with Gasteiger partial charge >= 0.3 is 5.69 Å². The first kappa shape index (κ1) is 15.8. The second kappa shape index (κ2) is 7.99. The maximum Gasteiger partial charge on any atom is 0.329 e. The Balaban J connectivity index is 1.95. The van der Waals surface area contributed by atoms with Gasteiger partial charge in [-0.15, -0.1) is 0 Å². The lowest BCUT2D eigenvalue weighted by Gasteiger charge is -2.26. The molecule has 116 valence electrons. The first-order valence-electron chi connectivity index (χ1n) is 7.00. The molecule has 0 bridgehead atoms. The van der Waals surface area contributed by atoms with Crippen molar-refractivity contribution in [3.05, 3.63) is 16.3 Å². The van der Waals surface area contributed by atoms with E-state index in [4.69, 9.17) is 0 Å². The molecule has 1 aliphatic heterocycles. The predicted octanol–water partition coefficient (Wildman–Crippen LogP) is 1.28. The highest BCUT2D eigenvalue weighted by molar-refractivity contribution is 7.99. The number of thioether (sulfide) groups is 1. The molecule has 21 heavy (non-hydrogen) atoms. The van der Waals surface area contributed by atoms with Gasteiger partial charge in [-0.3, -0.25) is 15.0 Å². The lowest BCUT2D eigenvalue weighted by atomic mass is 10.4. The van der Waals surface area contributed by atoms with Crippen molar-refractivity contribution in [2.75, 3.05) is 54.9 Å². The number of nitrogens with zero attached hydrogens (tertiary/aromatic N) is 4. The molecule has 2 rings (SSSR count). The van der Waals surface area contributed by atoms with Crippen LogP contribution in [0.2, 0.25) is 0 Å². The molecule has 1 aliphatic rings. The van der Waals surface area contributed by atoms with E-state index in [1.165, 1.54) is 6.20 Å². The monoisotopic (exact) mass is 312 g/mol. The number of hydrogen-bond donors (Lipinski definition) is 2. The van der Waals surface area contributed by atoms with Gasteiger partial charge in [0.2, 0.25) is 11.8 Å². The van der Waals surface area contributed by atoms with Crippen LogP contribution in [0.5, 0.6) is 0 Å².